The Bertz CT molecular complexity index is 4110. The van der Waals surface area contributed by atoms with Gasteiger partial charge in [0.15, 0.2) is 0 Å². The standard InChI is InChI=1S/C63H53BN2S2/c1-60(2,3)34-18-20-35(21-19-34)66-50-30-43-41-28-46-47(62(6,7)27-26-61(46,4)5)32-54(41)68-53(43)31-40(50)37-22-23-39-57-49(25-24-45-56(57)38-15-10-12-16-44(38)63(45,8)9)65-51-33-55-42(36-14-11-13-17-52(36)67-55)29-48(51)64(66)58(37)59(39)65/h10-25,28-33H,26-27H2,1-9H3. The minimum Gasteiger partial charge on any atom is -0.376 e. The van der Waals surface area contributed by atoms with E-state index in [9.17, 15) is 0 Å². The molecule has 8 aromatic carbocycles. The van der Waals surface area contributed by atoms with Crippen molar-refractivity contribution in [3.63, 3.8) is 0 Å². The molecule has 11 aromatic rings. The highest BCUT2D eigenvalue weighted by Gasteiger charge is 2.46. The molecule has 0 amide bonds. The van der Waals surface area contributed by atoms with Crippen molar-refractivity contribution in [2.45, 2.75) is 96.8 Å². The second-order valence-electron chi connectivity index (χ2n) is 23.5. The summed E-state index contributed by atoms with van der Waals surface area (Å²) in [5.41, 5.74) is 22.2. The smallest absolute Gasteiger partial charge is 0.333 e. The molecule has 0 saturated carbocycles. The minimum absolute atomic E-state index is 0.0395. The van der Waals surface area contributed by atoms with Crippen molar-refractivity contribution in [3.8, 4) is 27.9 Å². The molecule has 0 fully saturated rings. The van der Waals surface area contributed by atoms with Gasteiger partial charge in [-0.1, -0.05) is 141 Å². The molecule has 0 bridgehead atoms. The maximum Gasteiger partial charge on any atom is 0.333 e. The number of hydrogen-bond donors (Lipinski definition) is 0. The van der Waals surface area contributed by atoms with E-state index in [0.717, 1.165) is 0 Å². The summed E-state index contributed by atoms with van der Waals surface area (Å²) in [5, 5.41) is 8.18. The third-order valence-corrected chi connectivity index (χ3v) is 19.6. The van der Waals surface area contributed by atoms with E-state index in [1.165, 1.54) is 153 Å². The van der Waals surface area contributed by atoms with Crippen LogP contribution < -0.4 is 15.7 Å². The van der Waals surface area contributed by atoms with Crippen LogP contribution in [0, 0.1) is 0 Å². The number of rotatable bonds is 1. The Balaban J connectivity index is 1.11. The number of benzene rings is 8. The molecule has 15 rings (SSSR count). The van der Waals surface area contributed by atoms with Gasteiger partial charge >= 0.3 is 6.85 Å². The van der Waals surface area contributed by atoms with Crippen LogP contribution in [0.5, 0.6) is 0 Å². The molecule has 5 heteroatoms. The third-order valence-electron chi connectivity index (χ3n) is 17.4. The second kappa shape index (κ2) is 12.7. The van der Waals surface area contributed by atoms with Crippen molar-refractivity contribution in [1.82, 2.24) is 4.57 Å². The largest absolute Gasteiger partial charge is 0.376 e. The van der Waals surface area contributed by atoms with E-state index in [0.29, 0.717) is 0 Å². The first-order valence-electron chi connectivity index (χ1n) is 24.7. The molecule has 4 aliphatic rings. The lowest BCUT2D eigenvalue weighted by Gasteiger charge is -2.42. The van der Waals surface area contributed by atoms with Gasteiger partial charge in [0.2, 0.25) is 0 Å². The van der Waals surface area contributed by atoms with Gasteiger partial charge in [-0.05, 0) is 139 Å². The van der Waals surface area contributed by atoms with Crippen LogP contribution in [0.25, 0.3) is 90.1 Å². The van der Waals surface area contributed by atoms with E-state index in [1.807, 2.05) is 22.7 Å². The summed E-state index contributed by atoms with van der Waals surface area (Å²) in [6, 6.07) is 53.2. The number of hydrogen-bond acceptors (Lipinski definition) is 3. The second-order valence-corrected chi connectivity index (χ2v) is 25.7. The molecule has 2 aliphatic carbocycles. The molecule has 0 saturated heterocycles. The number of fused-ring (bicyclic) bond motifs is 19. The fourth-order valence-corrected chi connectivity index (χ4v) is 15.9. The zero-order chi connectivity index (χ0) is 46.1. The van der Waals surface area contributed by atoms with Crippen molar-refractivity contribution >= 4 is 114 Å². The van der Waals surface area contributed by atoms with Crippen molar-refractivity contribution in [2.75, 3.05) is 4.81 Å². The molecule has 330 valence electrons. The average Bonchev–Trinajstić information content (AvgIpc) is 4.04. The molecule has 3 aromatic heterocycles. The van der Waals surface area contributed by atoms with Crippen LogP contribution in [-0.2, 0) is 21.7 Å². The maximum atomic E-state index is 2.75. The highest BCUT2D eigenvalue weighted by atomic mass is 32.1. The molecule has 0 N–H and O–H groups in total. The molecule has 68 heavy (non-hydrogen) atoms. The Hall–Kier alpha value is -6.14. The molecule has 0 unspecified atom stereocenters. The number of nitrogens with zero attached hydrogens (tertiary/aromatic N) is 2. The number of aromatic nitrogens is 1. The van der Waals surface area contributed by atoms with E-state index in [1.54, 1.807) is 0 Å². The van der Waals surface area contributed by atoms with Gasteiger partial charge in [0, 0.05) is 79.2 Å². The van der Waals surface area contributed by atoms with Crippen LogP contribution in [0.2, 0.25) is 0 Å². The zero-order valence-corrected chi connectivity index (χ0v) is 42.0. The summed E-state index contributed by atoms with van der Waals surface area (Å²) in [5.74, 6) is 0. The predicted octanol–water partition coefficient (Wildman–Crippen LogP) is 16.7. The van der Waals surface area contributed by atoms with E-state index in [4.69, 9.17) is 0 Å². The topological polar surface area (TPSA) is 8.17 Å². The lowest BCUT2D eigenvalue weighted by molar-refractivity contribution is 0.332. The summed E-state index contributed by atoms with van der Waals surface area (Å²) in [7, 11) is 0. The quantitative estimate of drug-likeness (QED) is 0.149. The highest BCUT2D eigenvalue weighted by molar-refractivity contribution is 7.26. The summed E-state index contributed by atoms with van der Waals surface area (Å²) in [6.07, 6.45) is 2.42. The van der Waals surface area contributed by atoms with Crippen LogP contribution in [0.15, 0.2) is 133 Å². The van der Waals surface area contributed by atoms with Crippen molar-refractivity contribution in [1.29, 1.82) is 0 Å². The van der Waals surface area contributed by atoms with Gasteiger partial charge in [0.1, 0.15) is 0 Å². The first-order chi connectivity index (χ1) is 32.6. The van der Waals surface area contributed by atoms with Crippen LogP contribution in [0.3, 0.4) is 0 Å². The molecule has 2 nitrogen and oxygen atoms in total. The Morgan fingerprint density at radius 1 is 0.515 bits per heavy atom. The molecule has 5 heterocycles. The Morgan fingerprint density at radius 2 is 1.19 bits per heavy atom. The minimum atomic E-state index is -0.0953. The lowest BCUT2D eigenvalue weighted by atomic mass is 9.44. The van der Waals surface area contributed by atoms with Gasteiger partial charge in [0.05, 0.1) is 11.0 Å². The first-order valence-corrected chi connectivity index (χ1v) is 26.4. The molecule has 0 radical (unpaired) electrons. The van der Waals surface area contributed by atoms with Gasteiger partial charge < -0.3 is 9.38 Å². The zero-order valence-electron chi connectivity index (χ0n) is 40.4. The van der Waals surface area contributed by atoms with E-state index in [-0.39, 0.29) is 28.5 Å². The van der Waals surface area contributed by atoms with Crippen LogP contribution in [0.4, 0.5) is 11.4 Å². The SMILES string of the molecule is CC(C)(C)c1ccc(N2B3c4cc5c(cc4-n4c6ccc7c(c6c6ccc(c3c64)-c3cc4sc6cc8c(cc6c4cc32)C(C)(C)CCC8(C)C)-c2ccccc2C7(C)C)sc2ccccc25)cc1. The Labute approximate surface area is 407 Å². The molecule has 2 aliphatic heterocycles. The number of anilines is 2. The lowest BCUT2D eigenvalue weighted by Crippen LogP contribution is -2.60. The van der Waals surface area contributed by atoms with Gasteiger partial charge in [-0.3, -0.25) is 0 Å². The Morgan fingerprint density at radius 3 is 1.99 bits per heavy atom. The average molecular weight is 913 g/mol. The summed E-state index contributed by atoms with van der Waals surface area (Å²) in [4.78, 5) is 2.75. The maximum absolute atomic E-state index is 2.75. The third kappa shape index (κ3) is 4.94. The van der Waals surface area contributed by atoms with Gasteiger partial charge in [-0.15, -0.1) is 22.7 Å². The predicted molar refractivity (Wildman–Crippen MR) is 297 cm³/mol. The molecular formula is C63H53BN2S2. The molecule has 0 spiro atoms. The summed E-state index contributed by atoms with van der Waals surface area (Å²) in [6.45, 7) is 21.6. The summed E-state index contributed by atoms with van der Waals surface area (Å²) >= 11 is 3.91. The van der Waals surface area contributed by atoms with Gasteiger partial charge in [-0.2, -0.15) is 0 Å². The molecule has 0 atom stereocenters. The molecular weight excluding hydrogens is 860 g/mol. The van der Waals surface area contributed by atoms with Crippen molar-refractivity contribution in [3.05, 3.63) is 161 Å². The van der Waals surface area contributed by atoms with Crippen LogP contribution in [-0.4, -0.2) is 11.4 Å². The van der Waals surface area contributed by atoms with Gasteiger partial charge in [-0.25, -0.2) is 0 Å². The van der Waals surface area contributed by atoms with Crippen molar-refractivity contribution in [2.24, 2.45) is 0 Å². The fourth-order valence-electron chi connectivity index (χ4n) is 13.6. The summed E-state index contributed by atoms with van der Waals surface area (Å²) < 4.78 is 8.13. The van der Waals surface area contributed by atoms with E-state index < -0.39 is 0 Å². The number of thiophene rings is 2. The monoisotopic (exact) mass is 912 g/mol. The Kier molecular flexibility index (Phi) is 7.46. The van der Waals surface area contributed by atoms with E-state index >= 15 is 0 Å². The van der Waals surface area contributed by atoms with Crippen molar-refractivity contribution < 1.29 is 0 Å². The highest BCUT2D eigenvalue weighted by Crippen LogP contribution is 2.56. The normalized spacial score (nSPS) is 17.1. The van der Waals surface area contributed by atoms with Gasteiger partial charge in [0.25, 0.3) is 0 Å². The van der Waals surface area contributed by atoms with E-state index in [2.05, 4.69) is 205 Å². The fraction of sp³-hybridized carbons (Fsp3) is 0.238. The first kappa shape index (κ1) is 39.8. The van der Waals surface area contributed by atoms with Crippen LogP contribution >= 0.6 is 22.7 Å². The van der Waals surface area contributed by atoms with Crippen LogP contribution in [0.1, 0.15) is 103 Å².